The zero-order valence-corrected chi connectivity index (χ0v) is 13.9. The van der Waals surface area contributed by atoms with Gasteiger partial charge in [0.25, 0.3) is 5.91 Å². The largest absolute Gasteiger partial charge is 0.416 e. The Kier molecular flexibility index (Phi) is 5.19. The van der Waals surface area contributed by atoms with E-state index in [0.29, 0.717) is 5.56 Å². The van der Waals surface area contributed by atoms with Crippen molar-refractivity contribution in [3.8, 4) is 0 Å². The van der Waals surface area contributed by atoms with Gasteiger partial charge in [-0.15, -0.1) is 0 Å². The van der Waals surface area contributed by atoms with Crippen molar-refractivity contribution in [1.82, 2.24) is 5.32 Å². The summed E-state index contributed by atoms with van der Waals surface area (Å²) in [7, 11) is -3.85. The number of carbonyl (C=O) groups is 1. The Morgan fingerprint density at radius 1 is 1.04 bits per heavy atom. The van der Waals surface area contributed by atoms with Crippen LogP contribution in [0.5, 0.6) is 0 Å². The molecule has 1 atom stereocenters. The van der Waals surface area contributed by atoms with Gasteiger partial charge in [-0.1, -0.05) is 12.1 Å². The van der Waals surface area contributed by atoms with Gasteiger partial charge in [0.15, 0.2) is 0 Å². The summed E-state index contributed by atoms with van der Waals surface area (Å²) in [5.41, 5.74) is -0.0676. The van der Waals surface area contributed by atoms with E-state index in [9.17, 15) is 26.4 Å². The molecule has 1 amide bonds. The second-order valence-corrected chi connectivity index (χ2v) is 6.95. The normalized spacial score (nSPS) is 13.3. The van der Waals surface area contributed by atoms with Crippen molar-refractivity contribution in [2.75, 3.05) is 0 Å². The highest BCUT2D eigenvalue weighted by atomic mass is 32.2. The lowest BCUT2D eigenvalue weighted by molar-refractivity contribution is -0.137. The molecule has 0 aliphatic rings. The van der Waals surface area contributed by atoms with Crippen LogP contribution in [0.2, 0.25) is 0 Å². The number of carbonyl (C=O) groups excluding carboxylic acids is 1. The highest BCUT2D eigenvalue weighted by Gasteiger charge is 2.30. The average Bonchev–Trinajstić information content (AvgIpc) is 2.53. The molecule has 0 bridgehead atoms. The molecule has 2 rings (SSSR count). The van der Waals surface area contributed by atoms with Crippen LogP contribution in [0.1, 0.15) is 34.5 Å². The lowest BCUT2D eigenvalue weighted by Crippen LogP contribution is -2.26. The lowest BCUT2D eigenvalue weighted by Gasteiger charge is -2.15. The molecular weight excluding hydrogens is 357 g/mol. The number of hydrogen-bond donors (Lipinski definition) is 2. The number of sulfonamides is 1. The molecule has 0 spiro atoms. The summed E-state index contributed by atoms with van der Waals surface area (Å²) >= 11 is 0. The molecule has 0 aliphatic heterocycles. The maximum atomic E-state index is 12.5. The number of hydrogen-bond acceptors (Lipinski definition) is 3. The Labute approximate surface area is 142 Å². The first-order chi connectivity index (χ1) is 11.5. The van der Waals surface area contributed by atoms with Crippen molar-refractivity contribution in [1.29, 1.82) is 0 Å². The highest BCUT2D eigenvalue weighted by Crippen LogP contribution is 2.29. The predicted octanol–water partition coefficient (Wildman–Crippen LogP) is 2.84. The molecule has 0 fully saturated rings. The van der Waals surface area contributed by atoms with E-state index < -0.39 is 33.7 Å². The van der Waals surface area contributed by atoms with Gasteiger partial charge in [-0.25, -0.2) is 13.6 Å². The third kappa shape index (κ3) is 4.80. The SMILES string of the molecule is C[C@@H](NC(=O)c1ccc(S(N)(=O)=O)cc1)c1ccc(C(F)(F)F)cc1. The molecule has 5 nitrogen and oxygen atoms in total. The first-order valence-electron chi connectivity index (χ1n) is 7.09. The number of halogens is 3. The molecule has 0 saturated heterocycles. The monoisotopic (exact) mass is 372 g/mol. The van der Waals surface area contributed by atoms with Crippen molar-refractivity contribution in [3.63, 3.8) is 0 Å². The van der Waals surface area contributed by atoms with Crippen molar-refractivity contribution in [2.45, 2.75) is 24.0 Å². The van der Waals surface area contributed by atoms with Crippen molar-refractivity contribution in [3.05, 3.63) is 65.2 Å². The summed E-state index contributed by atoms with van der Waals surface area (Å²) in [5.74, 6) is -0.492. The van der Waals surface area contributed by atoms with Crippen LogP contribution in [0.15, 0.2) is 53.4 Å². The molecule has 0 aromatic heterocycles. The zero-order valence-electron chi connectivity index (χ0n) is 13.0. The lowest BCUT2D eigenvalue weighted by atomic mass is 10.1. The molecule has 25 heavy (non-hydrogen) atoms. The van der Waals surface area contributed by atoms with E-state index in [0.717, 1.165) is 12.1 Å². The molecule has 0 aliphatic carbocycles. The number of benzene rings is 2. The Morgan fingerprint density at radius 2 is 1.56 bits per heavy atom. The van der Waals surface area contributed by atoms with Crippen LogP contribution in [-0.4, -0.2) is 14.3 Å². The van der Waals surface area contributed by atoms with Gasteiger partial charge in [0.1, 0.15) is 0 Å². The fraction of sp³-hybridized carbons (Fsp3) is 0.188. The van der Waals surface area contributed by atoms with Gasteiger partial charge in [0, 0.05) is 5.56 Å². The molecular formula is C16H15F3N2O3S. The minimum Gasteiger partial charge on any atom is -0.346 e. The quantitative estimate of drug-likeness (QED) is 0.865. The number of alkyl halides is 3. The first kappa shape index (κ1) is 18.9. The molecule has 2 aromatic rings. The van der Waals surface area contributed by atoms with Gasteiger partial charge >= 0.3 is 6.18 Å². The van der Waals surface area contributed by atoms with Crippen LogP contribution < -0.4 is 10.5 Å². The Balaban J connectivity index is 2.09. The van der Waals surface area contributed by atoms with E-state index in [2.05, 4.69) is 5.32 Å². The van der Waals surface area contributed by atoms with Crippen molar-refractivity contribution >= 4 is 15.9 Å². The number of rotatable bonds is 4. The van der Waals surface area contributed by atoms with Gasteiger partial charge in [-0.05, 0) is 48.9 Å². The van der Waals surface area contributed by atoms with Crippen molar-refractivity contribution in [2.24, 2.45) is 5.14 Å². The molecule has 0 saturated carbocycles. The van der Waals surface area contributed by atoms with Crippen LogP contribution in [0.3, 0.4) is 0 Å². The first-order valence-corrected chi connectivity index (χ1v) is 8.64. The average molecular weight is 372 g/mol. The van der Waals surface area contributed by atoms with E-state index in [1.54, 1.807) is 6.92 Å². The van der Waals surface area contributed by atoms with Gasteiger partial charge in [0.05, 0.1) is 16.5 Å². The van der Waals surface area contributed by atoms with Crippen LogP contribution in [0.4, 0.5) is 13.2 Å². The van der Waals surface area contributed by atoms with Crippen LogP contribution in [0, 0.1) is 0 Å². The molecule has 134 valence electrons. The summed E-state index contributed by atoms with van der Waals surface area (Å²) in [6.45, 7) is 1.62. The summed E-state index contributed by atoms with van der Waals surface area (Å²) in [5, 5.41) is 7.60. The van der Waals surface area contributed by atoms with E-state index in [1.165, 1.54) is 36.4 Å². The van der Waals surface area contributed by atoms with Crippen LogP contribution >= 0.6 is 0 Å². The molecule has 2 aromatic carbocycles. The molecule has 0 radical (unpaired) electrons. The minimum absolute atomic E-state index is 0.125. The van der Waals surface area contributed by atoms with Crippen molar-refractivity contribution < 1.29 is 26.4 Å². The number of amides is 1. The van der Waals surface area contributed by atoms with E-state index in [-0.39, 0.29) is 10.5 Å². The van der Waals surface area contributed by atoms with E-state index in [4.69, 9.17) is 5.14 Å². The third-order valence-corrected chi connectivity index (χ3v) is 4.46. The fourth-order valence-electron chi connectivity index (χ4n) is 2.12. The van der Waals surface area contributed by atoms with E-state index >= 15 is 0 Å². The smallest absolute Gasteiger partial charge is 0.346 e. The maximum absolute atomic E-state index is 12.5. The van der Waals surface area contributed by atoms with Gasteiger partial charge in [-0.3, -0.25) is 4.79 Å². The second-order valence-electron chi connectivity index (χ2n) is 5.38. The van der Waals surface area contributed by atoms with Crippen LogP contribution in [-0.2, 0) is 16.2 Å². The highest BCUT2D eigenvalue weighted by molar-refractivity contribution is 7.89. The summed E-state index contributed by atoms with van der Waals surface area (Å²) < 4.78 is 60.0. The van der Waals surface area contributed by atoms with E-state index in [1.807, 2.05) is 0 Å². The Morgan fingerprint density at radius 3 is 2.00 bits per heavy atom. The fourth-order valence-corrected chi connectivity index (χ4v) is 2.64. The van der Waals surface area contributed by atoms with Gasteiger partial charge in [-0.2, -0.15) is 13.2 Å². The molecule has 9 heteroatoms. The zero-order chi connectivity index (χ0) is 18.8. The van der Waals surface area contributed by atoms with Gasteiger partial charge in [0.2, 0.25) is 10.0 Å². The summed E-state index contributed by atoms with van der Waals surface area (Å²) in [4.78, 5) is 12.0. The van der Waals surface area contributed by atoms with Crippen LogP contribution in [0.25, 0.3) is 0 Å². The Hall–Kier alpha value is -2.39. The van der Waals surface area contributed by atoms with Gasteiger partial charge < -0.3 is 5.32 Å². The summed E-state index contributed by atoms with van der Waals surface area (Å²) in [6.07, 6.45) is -4.42. The molecule has 0 heterocycles. The number of nitrogens with two attached hydrogens (primary N) is 1. The molecule has 3 N–H and O–H groups in total. The minimum atomic E-state index is -4.42. The molecule has 0 unspecified atom stereocenters. The summed E-state index contributed by atoms with van der Waals surface area (Å²) in [6, 6.07) is 8.93. The maximum Gasteiger partial charge on any atom is 0.416 e. The Bertz CT molecular complexity index is 861. The predicted molar refractivity (Wildman–Crippen MR) is 85.1 cm³/mol. The third-order valence-electron chi connectivity index (χ3n) is 3.53. The topological polar surface area (TPSA) is 89.3 Å². The standard InChI is InChI=1S/C16H15F3N2O3S/c1-10(11-2-6-13(7-3-11)16(17,18)19)21-15(22)12-4-8-14(9-5-12)25(20,23)24/h2-10H,1H3,(H,21,22)(H2,20,23,24)/t10-/m1/s1. The number of primary sulfonamides is 1. The second kappa shape index (κ2) is 6.85. The number of nitrogens with one attached hydrogen (secondary N) is 1.